The molecule has 0 saturated carbocycles. The van der Waals surface area contributed by atoms with Gasteiger partial charge in [0.15, 0.2) is 5.82 Å². The SMILES string of the molecule is O=S(=O)(c1ccccc1)n1nc(N2CCNCC2)c2ncccc21. The highest BCUT2D eigenvalue weighted by atomic mass is 32.2. The third-order valence-corrected chi connectivity index (χ3v) is 5.68. The number of hydrogen-bond donors (Lipinski definition) is 1. The van der Waals surface area contributed by atoms with Gasteiger partial charge in [0.25, 0.3) is 10.0 Å². The molecule has 1 fully saturated rings. The Bertz CT molecular complexity index is 963. The van der Waals surface area contributed by atoms with E-state index in [4.69, 9.17) is 0 Å². The Kier molecular flexibility index (Phi) is 3.70. The second-order valence-electron chi connectivity index (χ2n) is 5.59. The van der Waals surface area contributed by atoms with Gasteiger partial charge in [0.2, 0.25) is 0 Å². The highest BCUT2D eigenvalue weighted by molar-refractivity contribution is 7.90. The van der Waals surface area contributed by atoms with E-state index in [1.165, 1.54) is 0 Å². The van der Waals surface area contributed by atoms with Gasteiger partial charge in [0, 0.05) is 32.4 Å². The van der Waals surface area contributed by atoms with Crippen molar-refractivity contribution in [1.82, 2.24) is 19.5 Å². The Morgan fingerprint density at radius 2 is 1.75 bits per heavy atom. The normalized spacial score (nSPS) is 15.8. The molecule has 4 rings (SSSR count). The highest BCUT2D eigenvalue weighted by Gasteiger charge is 2.26. The molecule has 2 aromatic heterocycles. The molecular weight excluding hydrogens is 326 g/mol. The Morgan fingerprint density at radius 1 is 1.00 bits per heavy atom. The molecule has 1 aliphatic heterocycles. The smallest absolute Gasteiger partial charge is 0.283 e. The predicted octanol–water partition coefficient (Wildman–Crippen LogP) is 1.08. The molecule has 0 aliphatic carbocycles. The second kappa shape index (κ2) is 5.88. The number of hydrogen-bond acceptors (Lipinski definition) is 6. The lowest BCUT2D eigenvalue weighted by Gasteiger charge is -2.27. The van der Waals surface area contributed by atoms with Crippen molar-refractivity contribution >= 4 is 26.9 Å². The van der Waals surface area contributed by atoms with Crippen LogP contribution in [-0.4, -0.2) is 48.8 Å². The highest BCUT2D eigenvalue weighted by Crippen LogP contribution is 2.27. The number of aromatic nitrogens is 3. The maximum Gasteiger partial charge on any atom is 0.283 e. The fourth-order valence-corrected chi connectivity index (χ4v) is 4.17. The number of rotatable bonds is 3. The van der Waals surface area contributed by atoms with Gasteiger partial charge in [-0.1, -0.05) is 18.2 Å². The molecule has 0 bridgehead atoms. The monoisotopic (exact) mass is 343 g/mol. The molecule has 1 N–H and O–H groups in total. The van der Waals surface area contributed by atoms with Crippen molar-refractivity contribution in [2.24, 2.45) is 0 Å². The zero-order valence-corrected chi connectivity index (χ0v) is 13.8. The third kappa shape index (κ3) is 2.44. The van der Waals surface area contributed by atoms with Crippen LogP contribution in [0.4, 0.5) is 5.82 Å². The van der Waals surface area contributed by atoms with Crippen molar-refractivity contribution in [3.05, 3.63) is 48.7 Å². The van der Waals surface area contributed by atoms with Gasteiger partial charge >= 0.3 is 0 Å². The van der Waals surface area contributed by atoms with E-state index in [0.29, 0.717) is 16.9 Å². The van der Waals surface area contributed by atoms with E-state index < -0.39 is 10.0 Å². The average Bonchev–Trinajstić information content (AvgIpc) is 3.04. The first kappa shape index (κ1) is 15.1. The van der Waals surface area contributed by atoms with Crippen LogP contribution < -0.4 is 10.2 Å². The summed E-state index contributed by atoms with van der Waals surface area (Å²) in [5.41, 5.74) is 1.11. The Labute approximate surface area is 140 Å². The number of fused-ring (bicyclic) bond motifs is 1. The molecule has 0 radical (unpaired) electrons. The molecule has 1 saturated heterocycles. The van der Waals surface area contributed by atoms with E-state index in [0.717, 1.165) is 30.3 Å². The number of nitrogens with zero attached hydrogens (tertiary/aromatic N) is 4. The van der Waals surface area contributed by atoms with Crippen molar-refractivity contribution in [2.75, 3.05) is 31.1 Å². The van der Waals surface area contributed by atoms with Crippen LogP contribution in [0, 0.1) is 0 Å². The van der Waals surface area contributed by atoms with Crippen molar-refractivity contribution in [3.8, 4) is 0 Å². The fourth-order valence-electron chi connectivity index (χ4n) is 2.88. The van der Waals surface area contributed by atoms with Crippen molar-refractivity contribution < 1.29 is 8.42 Å². The van der Waals surface area contributed by atoms with E-state index in [2.05, 4.69) is 20.3 Å². The fraction of sp³-hybridized carbons (Fsp3) is 0.250. The zero-order chi connectivity index (χ0) is 16.6. The summed E-state index contributed by atoms with van der Waals surface area (Å²) in [7, 11) is -3.76. The Hall–Kier alpha value is -2.45. The van der Waals surface area contributed by atoms with Crippen molar-refractivity contribution in [1.29, 1.82) is 0 Å². The van der Waals surface area contributed by atoms with Crippen LogP contribution in [-0.2, 0) is 10.0 Å². The van der Waals surface area contributed by atoms with E-state index in [1.54, 1.807) is 48.7 Å². The van der Waals surface area contributed by atoms with E-state index in [-0.39, 0.29) is 4.90 Å². The molecule has 0 atom stereocenters. The van der Waals surface area contributed by atoms with Crippen LogP contribution in [0.1, 0.15) is 0 Å². The van der Waals surface area contributed by atoms with E-state index in [9.17, 15) is 8.42 Å². The standard InChI is InChI=1S/C16H17N5O2S/c22-24(23,13-5-2-1-3-6-13)21-14-7-4-8-18-15(14)16(19-21)20-11-9-17-10-12-20/h1-8,17H,9-12H2. The molecule has 0 amide bonds. The lowest BCUT2D eigenvalue weighted by molar-refractivity contribution is 0.574. The van der Waals surface area contributed by atoms with Crippen LogP contribution in [0.25, 0.3) is 11.0 Å². The molecule has 7 nitrogen and oxygen atoms in total. The van der Waals surface area contributed by atoms with Gasteiger partial charge in [-0.2, -0.15) is 8.42 Å². The van der Waals surface area contributed by atoms with E-state index in [1.807, 2.05) is 0 Å². The summed E-state index contributed by atoms with van der Waals surface area (Å²) in [6.45, 7) is 3.22. The Morgan fingerprint density at radius 3 is 2.50 bits per heavy atom. The third-order valence-electron chi connectivity index (χ3n) is 4.08. The van der Waals surface area contributed by atoms with Crippen LogP contribution in [0.2, 0.25) is 0 Å². The maximum atomic E-state index is 13.0. The van der Waals surface area contributed by atoms with Gasteiger partial charge < -0.3 is 10.2 Å². The molecule has 3 aromatic rings. The Balaban J connectivity index is 1.90. The van der Waals surface area contributed by atoms with Crippen molar-refractivity contribution in [3.63, 3.8) is 0 Å². The van der Waals surface area contributed by atoms with Gasteiger partial charge in [-0.15, -0.1) is 9.19 Å². The van der Waals surface area contributed by atoms with Crippen molar-refractivity contribution in [2.45, 2.75) is 4.90 Å². The molecule has 24 heavy (non-hydrogen) atoms. The molecule has 124 valence electrons. The quantitative estimate of drug-likeness (QED) is 0.766. The van der Waals surface area contributed by atoms with Crippen LogP contribution >= 0.6 is 0 Å². The van der Waals surface area contributed by atoms with Gasteiger partial charge in [-0.3, -0.25) is 4.98 Å². The van der Waals surface area contributed by atoms with Gasteiger partial charge in [0.05, 0.1) is 4.90 Å². The minimum atomic E-state index is -3.76. The van der Waals surface area contributed by atoms with Gasteiger partial charge in [-0.05, 0) is 24.3 Å². The topological polar surface area (TPSA) is 80.1 Å². The number of piperazine rings is 1. The summed E-state index contributed by atoms with van der Waals surface area (Å²) in [6.07, 6.45) is 1.66. The molecule has 1 aromatic carbocycles. The van der Waals surface area contributed by atoms with Crippen LogP contribution in [0.3, 0.4) is 0 Å². The summed E-state index contributed by atoms with van der Waals surface area (Å²) in [4.78, 5) is 6.66. The number of benzene rings is 1. The summed E-state index contributed by atoms with van der Waals surface area (Å²) < 4.78 is 27.1. The second-order valence-corrected chi connectivity index (χ2v) is 7.36. The molecular formula is C16H17N5O2S. The molecule has 0 unspecified atom stereocenters. The zero-order valence-electron chi connectivity index (χ0n) is 13.0. The summed E-state index contributed by atoms with van der Waals surface area (Å²) in [5, 5.41) is 7.71. The molecule has 8 heteroatoms. The first-order valence-corrected chi connectivity index (χ1v) is 9.22. The predicted molar refractivity (Wildman–Crippen MR) is 91.6 cm³/mol. The van der Waals surface area contributed by atoms with E-state index >= 15 is 0 Å². The summed E-state index contributed by atoms with van der Waals surface area (Å²) in [5.74, 6) is 0.617. The minimum absolute atomic E-state index is 0.213. The molecule has 0 spiro atoms. The lowest BCUT2D eigenvalue weighted by atomic mass is 10.3. The molecule has 1 aliphatic rings. The van der Waals surface area contributed by atoms with Crippen LogP contribution in [0.5, 0.6) is 0 Å². The molecule has 3 heterocycles. The summed E-state index contributed by atoms with van der Waals surface area (Å²) >= 11 is 0. The first-order valence-electron chi connectivity index (χ1n) is 7.78. The van der Waals surface area contributed by atoms with Gasteiger partial charge in [-0.25, -0.2) is 0 Å². The lowest BCUT2D eigenvalue weighted by Crippen LogP contribution is -2.43. The largest absolute Gasteiger partial charge is 0.351 e. The first-order chi connectivity index (χ1) is 11.7. The minimum Gasteiger partial charge on any atom is -0.351 e. The average molecular weight is 343 g/mol. The number of anilines is 1. The van der Waals surface area contributed by atoms with Gasteiger partial charge in [0.1, 0.15) is 11.0 Å². The number of pyridine rings is 1. The summed E-state index contributed by atoms with van der Waals surface area (Å²) in [6, 6.07) is 11.8. The number of nitrogens with one attached hydrogen (secondary N) is 1. The van der Waals surface area contributed by atoms with Crippen LogP contribution in [0.15, 0.2) is 53.6 Å². The maximum absolute atomic E-state index is 13.0.